The monoisotopic (exact) mass is 338 g/mol. The summed E-state index contributed by atoms with van der Waals surface area (Å²) in [4.78, 5) is 26.5. The van der Waals surface area contributed by atoms with Crippen LogP contribution in [-0.2, 0) is 4.79 Å². The number of para-hydroxylation sites is 1. The molecular formula is C19H18N2O4. The third-order valence-corrected chi connectivity index (χ3v) is 4.56. The smallest absolute Gasteiger partial charge is 0.254 e. The number of ether oxygens (including phenoxy) is 2. The van der Waals surface area contributed by atoms with Crippen LogP contribution in [0.3, 0.4) is 0 Å². The molecule has 4 rings (SSSR count). The van der Waals surface area contributed by atoms with Crippen molar-refractivity contribution in [2.45, 2.75) is 6.92 Å². The van der Waals surface area contributed by atoms with Gasteiger partial charge in [0.15, 0.2) is 11.5 Å². The number of hydrogen-bond donors (Lipinski definition) is 1. The highest BCUT2D eigenvalue weighted by Gasteiger charge is 2.36. The van der Waals surface area contributed by atoms with E-state index in [1.54, 1.807) is 23.1 Å². The first kappa shape index (κ1) is 15.5. The van der Waals surface area contributed by atoms with Gasteiger partial charge in [-0.25, -0.2) is 0 Å². The molecule has 25 heavy (non-hydrogen) atoms. The van der Waals surface area contributed by atoms with Crippen LogP contribution in [-0.4, -0.2) is 36.6 Å². The summed E-state index contributed by atoms with van der Waals surface area (Å²) in [5, 5.41) is 2.93. The average molecular weight is 338 g/mol. The maximum atomic E-state index is 12.5. The van der Waals surface area contributed by atoms with E-state index in [4.69, 9.17) is 9.47 Å². The van der Waals surface area contributed by atoms with Crippen LogP contribution >= 0.6 is 0 Å². The Bertz CT molecular complexity index is 843. The third kappa shape index (κ3) is 2.91. The topological polar surface area (TPSA) is 67.9 Å². The number of rotatable bonds is 3. The van der Waals surface area contributed by atoms with Gasteiger partial charge in [-0.3, -0.25) is 9.59 Å². The van der Waals surface area contributed by atoms with Crippen molar-refractivity contribution in [3.63, 3.8) is 0 Å². The second-order valence-electron chi connectivity index (χ2n) is 6.28. The van der Waals surface area contributed by atoms with Crippen LogP contribution in [0.2, 0.25) is 0 Å². The molecule has 2 aromatic rings. The molecule has 0 bridgehead atoms. The molecule has 0 unspecified atom stereocenters. The highest BCUT2D eigenvalue weighted by Crippen LogP contribution is 2.33. The fourth-order valence-electron chi connectivity index (χ4n) is 2.97. The maximum absolute atomic E-state index is 12.5. The van der Waals surface area contributed by atoms with Crippen molar-refractivity contribution >= 4 is 17.5 Å². The van der Waals surface area contributed by atoms with Crippen molar-refractivity contribution in [1.29, 1.82) is 0 Å². The number of hydrogen-bond acceptors (Lipinski definition) is 4. The lowest BCUT2D eigenvalue weighted by Gasteiger charge is -2.38. The second-order valence-corrected chi connectivity index (χ2v) is 6.28. The molecule has 0 atom stereocenters. The van der Waals surface area contributed by atoms with E-state index in [0.717, 1.165) is 11.3 Å². The van der Waals surface area contributed by atoms with Gasteiger partial charge in [-0.05, 0) is 36.8 Å². The van der Waals surface area contributed by atoms with Crippen LogP contribution < -0.4 is 14.8 Å². The number of amides is 2. The minimum absolute atomic E-state index is 0.0518. The molecule has 2 amide bonds. The third-order valence-electron chi connectivity index (χ3n) is 4.56. The molecule has 0 radical (unpaired) electrons. The zero-order valence-corrected chi connectivity index (χ0v) is 13.8. The van der Waals surface area contributed by atoms with Crippen LogP contribution in [0.5, 0.6) is 11.5 Å². The summed E-state index contributed by atoms with van der Waals surface area (Å²) in [7, 11) is 0. The average Bonchev–Trinajstić information content (AvgIpc) is 3.03. The largest absolute Gasteiger partial charge is 0.454 e. The summed E-state index contributed by atoms with van der Waals surface area (Å²) >= 11 is 0. The molecule has 1 N–H and O–H groups in total. The molecule has 1 fully saturated rings. The Kier molecular flexibility index (Phi) is 3.80. The Morgan fingerprint density at radius 1 is 1.08 bits per heavy atom. The van der Waals surface area contributed by atoms with Crippen LogP contribution in [0, 0.1) is 12.8 Å². The van der Waals surface area contributed by atoms with Gasteiger partial charge in [-0.15, -0.1) is 0 Å². The molecule has 2 aliphatic heterocycles. The Hall–Kier alpha value is -3.02. The first-order chi connectivity index (χ1) is 12.1. The fraction of sp³-hybridized carbons (Fsp3) is 0.263. The number of carbonyl (C=O) groups excluding carboxylic acids is 2. The number of fused-ring (bicyclic) bond motifs is 1. The van der Waals surface area contributed by atoms with E-state index in [2.05, 4.69) is 5.32 Å². The number of benzene rings is 2. The van der Waals surface area contributed by atoms with Gasteiger partial charge in [-0.2, -0.15) is 0 Å². The normalized spacial score (nSPS) is 15.6. The minimum atomic E-state index is -0.183. The number of carbonyl (C=O) groups is 2. The first-order valence-electron chi connectivity index (χ1n) is 8.17. The van der Waals surface area contributed by atoms with Gasteiger partial charge in [0, 0.05) is 24.3 Å². The number of nitrogens with zero attached hydrogens (tertiary/aromatic N) is 1. The lowest BCUT2D eigenvalue weighted by Crippen LogP contribution is -2.54. The highest BCUT2D eigenvalue weighted by molar-refractivity contribution is 5.99. The number of nitrogens with one attached hydrogen (secondary N) is 1. The molecule has 0 aromatic heterocycles. The molecule has 128 valence electrons. The summed E-state index contributed by atoms with van der Waals surface area (Å²) in [6.07, 6.45) is 0. The lowest BCUT2D eigenvalue weighted by molar-refractivity contribution is -0.123. The molecule has 0 spiro atoms. The van der Waals surface area contributed by atoms with Gasteiger partial charge >= 0.3 is 0 Å². The molecule has 0 aliphatic carbocycles. The Morgan fingerprint density at radius 3 is 2.64 bits per heavy atom. The summed E-state index contributed by atoms with van der Waals surface area (Å²) in [5.74, 6) is 0.899. The van der Waals surface area contributed by atoms with Crippen molar-refractivity contribution in [3.05, 3.63) is 53.6 Å². The van der Waals surface area contributed by atoms with Crippen molar-refractivity contribution in [1.82, 2.24) is 4.90 Å². The molecule has 2 aliphatic rings. The zero-order chi connectivity index (χ0) is 17.4. The van der Waals surface area contributed by atoms with Gasteiger partial charge in [0.25, 0.3) is 5.91 Å². The van der Waals surface area contributed by atoms with E-state index in [0.29, 0.717) is 30.2 Å². The van der Waals surface area contributed by atoms with Crippen LogP contribution in [0.1, 0.15) is 15.9 Å². The highest BCUT2D eigenvalue weighted by atomic mass is 16.7. The molecule has 2 aromatic carbocycles. The summed E-state index contributed by atoms with van der Waals surface area (Å²) < 4.78 is 10.5. The van der Waals surface area contributed by atoms with E-state index < -0.39 is 0 Å². The summed E-state index contributed by atoms with van der Waals surface area (Å²) in [6.45, 7) is 2.97. The van der Waals surface area contributed by atoms with E-state index in [-0.39, 0.29) is 24.5 Å². The van der Waals surface area contributed by atoms with Crippen LogP contribution in [0.4, 0.5) is 5.69 Å². The molecule has 1 saturated heterocycles. The molecule has 0 saturated carbocycles. The summed E-state index contributed by atoms with van der Waals surface area (Å²) in [5.41, 5.74) is 2.37. The van der Waals surface area contributed by atoms with Crippen LogP contribution in [0.25, 0.3) is 0 Å². The number of likely N-dealkylation sites (tertiary alicyclic amines) is 1. The molecular weight excluding hydrogens is 320 g/mol. The van der Waals surface area contributed by atoms with Gasteiger partial charge in [-0.1, -0.05) is 18.2 Å². The van der Waals surface area contributed by atoms with Crippen molar-refractivity contribution in [2.24, 2.45) is 5.92 Å². The Morgan fingerprint density at radius 2 is 1.84 bits per heavy atom. The molecule has 6 heteroatoms. The van der Waals surface area contributed by atoms with E-state index >= 15 is 0 Å². The van der Waals surface area contributed by atoms with Crippen molar-refractivity contribution in [2.75, 3.05) is 25.2 Å². The predicted octanol–water partition coefficient (Wildman–Crippen LogP) is 2.43. The number of aryl methyl sites for hydroxylation is 1. The van der Waals surface area contributed by atoms with Gasteiger partial charge in [0.2, 0.25) is 12.7 Å². The zero-order valence-electron chi connectivity index (χ0n) is 13.8. The van der Waals surface area contributed by atoms with Crippen molar-refractivity contribution < 1.29 is 19.1 Å². The van der Waals surface area contributed by atoms with E-state index in [1.807, 2.05) is 31.2 Å². The lowest BCUT2D eigenvalue weighted by atomic mass is 9.97. The van der Waals surface area contributed by atoms with E-state index in [9.17, 15) is 9.59 Å². The second kappa shape index (κ2) is 6.12. The van der Waals surface area contributed by atoms with Gasteiger partial charge in [0.05, 0.1) is 5.92 Å². The Labute approximate surface area is 145 Å². The Balaban J connectivity index is 1.36. The van der Waals surface area contributed by atoms with E-state index in [1.165, 1.54) is 0 Å². The fourth-order valence-corrected chi connectivity index (χ4v) is 2.97. The minimum Gasteiger partial charge on any atom is -0.454 e. The quantitative estimate of drug-likeness (QED) is 0.933. The van der Waals surface area contributed by atoms with Crippen molar-refractivity contribution in [3.8, 4) is 11.5 Å². The molecule has 6 nitrogen and oxygen atoms in total. The van der Waals surface area contributed by atoms with Crippen LogP contribution in [0.15, 0.2) is 42.5 Å². The predicted molar refractivity (Wildman–Crippen MR) is 91.8 cm³/mol. The number of anilines is 1. The van der Waals surface area contributed by atoms with Gasteiger partial charge in [0.1, 0.15) is 0 Å². The summed E-state index contributed by atoms with van der Waals surface area (Å²) in [6, 6.07) is 12.8. The standard InChI is InChI=1S/C19H18N2O4/c1-12-4-2-3-5-15(12)20-18(22)14-9-21(10-14)19(23)13-6-7-16-17(8-13)25-11-24-16/h2-8,14H,9-11H2,1H3,(H,20,22). The first-order valence-corrected chi connectivity index (χ1v) is 8.17. The molecule has 2 heterocycles. The van der Waals surface area contributed by atoms with Gasteiger partial charge < -0.3 is 19.7 Å². The maximum Gasteiger partial charge on any atom is 0.254 e. The SMILES string of the molecule is Cc1ccccc1NC(=O)C1CN(C(=O)c2ccc3c(c2)OCO3)C1.